The fourth-order valence-electron chi connectivity index (χ4n) is 2.50. The second-order valence-electron chi connectivity index (χ2n) is 5.77. The Morgan fingerprint density at radius 1 is 1.19 bits per heavy atom. The molecule has 3 rings (SSSR count). The van der Waals surface area contributed by atoms with Crippen LogP contribution in [0.1, 0.15) is 10.5 Å². The van der Waals surface area contributed by atoms with Gasteiger partial charge in [-0.15, -0.1) is 0 Å². The summed E-state index contributed by atoms with van der Waals surface area (Å²) in [6.07, 6.45) is 1.25. The van der Waals surface area contributed by atoms with Gasteiger partial charge in [0.25, 0.3) is 5.91 Å². The summed E-state index contributed by atoms with van der Waals surface area (Å²) < 4.78 is 0. The number of carbonyl (C=O) groups is 3. The average Bonchev–Trinajstić information content (AvgIpc) is 2.68. The van der Waals surface area contributed by atoms with Crippen molar-refractivity contribution in [2.75, 3.05) is 26.2 Å². The SMILES string of the molecule is O=C1CN(C(=O)CNC(=O)c2cc(-c3ccc(Cl)c(Cl)c3)ncn2)CCN1. The number of amides is 3. The molecule has 1 aromatic heterocycles. The Labute approximate surface area is 164 Å². The summed E-state index contributed by atoms with van der Waals surface area (Å²) in [7, 11) is 0. The van der Waals surface area contributed by atoms with Crippen molar-refractivity contribution in [2.24, 2.45) is 0 Å². The van der Waals surface area contributed by atoms with Crippen LogP contribution in [0.15, 0.2) is 30.6 Å². The van der Waals surface area contributed by atoms with Crippen molar-refractivity contribution in [1.29, 1.82) is 0 Å². The number of rotatable bonds is 4. The lowest BCUT2D eigenvalue weighted by atomic mass is 10.1. The monoisotopic (exact) mass is 407 g/mol. The molecular formula is C17H15Cl2N5O3. The van der Waals surface area contributed by atoms with E-state index < -0.39 is 5.91 Å². The number of nitrogens with one attached hydrogen (secondary N) is 2. The Bertz CT molecular complexity index is 906. The van der Waals surface area contributed by atoms with Crippen LogP contribution in [0.3, 0.4) is 0 Å². The van der Waals surface area contributed by atoms with Crippen LogP contribution in [0.4, 0.5) is 0 Å². The van der Waals surface area contributed by atoms with E-state index in [1.807, 2.05) is 0 Å². The highest BCUT2D eigenvalue weighted by atomic mass is 35.5. The molecule has 140 valence electrons. The number of carbonyl (C=O) groups excluding carboxylic acids is 3. The molecule has 3 amide bonds. The van der Waals surface area contributed by atoms with Gasteiger partial charge in [0.05, 0.1) is 28.8 Å². The largest absolute Gasteiger partial charge is 0.353 e. The van der Waals surface area contributed by atoms with Crippen molar-refractivity contribution in [3.63, 3.8) is 0 Å². The van der Waals surface area contributed by atoms with Crippen LogP contribution in [0.2, 0.25) is 10.0 Å². The Hall–Kier alpha value is -2.71. The van der Waals surface area contributed by atoms with Gasteiger partial charge in [-0.1, -0.05) is 29.3 Å². The first kappa shape index (κ1) is 19.1. The van der Waals surface area contributed by atoms with Crippen molar-refractivity contribution < 1.29 is 14.4 Å². The molecule has 0 radical (unpaired) electrons. The van der Waals surface area contributed by atoms with E-state index in [9.17, 15) is 14.4 Å². The van der Waals surface area contributed by atoms with Gasteiger partial charge in [0.15, 0.2) is 0 Å². The van der Waals surface area contributed by atoms with Crippen molar-refractivity contribution in [2.45, 2.75) is 0 Å². The summed E-state index contributed by atoms with van der Waals surface area (Å²) in [5, 5.41) is 5.93. The molecule has 27 heavy (non-hydrogen) atoms. The number of halogens is 2. The quantitative estimate of drug-likeness (QED) is 0.790. The lowest BCUT2D eigenvalue weighted by Crippen LogP contribution is -2.52. The fourth-order valence-corrected chi connectivity index (χ4v) is 2.80. The minimum absolute atomic E-state index is 0.0102. The Morgan fingerprint density at radius 3 is 2.74 bits per heavy atom. The molecule has 2 N–H and O–H groups in total. The second kappa shape index (κ2) is 8.32. The van der Waals surface area contributed by atoms with Gasteiger partial charge in [-0.05, 0) is 18.2 Å². The topological polar surface area (TPSA) is 104 Å². The Kier molecular flexibility index (Phi) is 5.88. The van der Waals surface area contributed by atoms with Crippen molar-refractivity contribution in [3.05, 3.63) is 46.3 Å². The predicted molar refractivity (Wildman–Crippen MR) is 99.4 cm³/mol. The van der Waals surface area contributed by atoms with Crippen molar-refractivity contribution >= 4 is 40.9 Å². The fraction of sp³-hybridized carbons (Fsp3) is 0.235. The van der Waals surface area contributed by atoms with E-state index >= 15 is 0 Å². The lowest BCUT2D eigenvalue weighted by molar-refractivity contribution is -0.137. The normalized spacial score (nSPS) is 13.9. The maximum Gasteiger partial charge on any atom is 0.270 e. The molecule has 0 unspecified atom stereocenters. The summed E-state index contributed by atoms with van der Waals surface area (Å²) in [6.45, 7) is 0.578. The number of benzene rings is 1. The molecule has 2 heterocycles. The third kappa shape index (κ3) is 4.72. The van der Waals surface area contributed by atoms with Gasteiger partial charge in [-0.2, -0.15) is 0 Å². The highest BCUT2D eigenvalue weighted by Gasteiger charge is 2.21. The number of hydrogen-bond acceptors (Lipinski definition) is 5. The minimum atomic E-state index is -0.520. The smallest absolute Gasteiger partial charge is 0.270 e. The first-order valence-corrected chi connectivity index (χ1v) is 8.80. The summed E-state index contributed by atoms with van der Waals surface area (Å²) in [5.74, 6) is -1.08. The molecular weight excluding hydrogens is 393 g/mol. The van der Waals surface area contributed by atoms with E-state index in [4.69, 9.17) is 23.2 Å². The van der Waals surface area contributed by atoms with Crippen LogP contribution in [0.25, 0.3) is 11.3 Å². The molecule has 10 heteroatoms. The third-order valence-corrected chi connectivity index (χ3v) is 4.65. The Morgan fingerprint density at radius 2 is 2.00 bits per heavy atom. The molecule has 1 aliphatic heterocycles. The van der Waals surface area contributed by atoms with Crippen LogP contribution in [-0.4, -0.2) is 58.8 Å². The highest BCUT2D eigenvalue weighted by Crippen LogP contribution is 2.27. The first-order valence-electron chi connectivity index (χ1n) is 8.04. The standard InChI is InChI=1S/C17H15Cl2N5O3/c18-11-2-1-10(5-12(11)19)13-6-14(23-9-22-13)17(27)21-7-16(26)24-4-3-20-15(25)8-24/h1-2,5-6,9H,3-4,7-8H2,(H,20,25)(H,21,27). The number of hydrogen-bond donors (Lipinski definition) is 2. The molecule has 1 saturated heterocycles. The molecule has 1 aromatic carbocycles. The summed E-state index contributed by atoms with van der Waals surface area (Å²) in [5.41, 5.74) is 1.28. The van der Waals surface area contributed by atoms with Gasteiger partial charge >= 0.3 is 0 Å². The van der Waals surface area contributed by atoms with E-state index in [2.05, 4.69) is 20.6 Å². The molecule has 8 nitrogen and oxygen atoms in total. The molecule has 0 atom stereocenters. The first-order chi connectivity index (χ1) is 12.9. The Balaban J connectivity index is 1.65. The number of piperazine rings is 1. The van der Waals surface area contributed by atoms with Crippen LogP contribution >= 0.6 is 23.2 Å². The molecule has 0 saturated carbocycles. The van der Waals surface area contributed by atoms with Crippen LogP contribution < -0.4 is 10.6 Å². The van der Waals surface area contributed by atoms with E-state index in [1.165, 1.54) is 17.3 Å². The van der Waals surface area contributed by atoms with Gasteiger partial charge < -0.3 is 15.5 Å². The maximum absolute atomic E-state index is 12.3. The van der Waals surface area contributed by atoms with E-state index in [0.717, 1.165) is 0 Å². The number of nitrogens with zero attached hydrogens (tertiary/aromatic N) is 3. The van der Waals surface area contributed by atoms with Crippen LogP contribution in [0.5, 0.6) is 0 Å². The van der Waals surface area contributed by atoms with Gasteiger partial charge in [-0.3, -0.25) is 14.4 Å². The average molecular weight is 408 g/mol. The molecule has 2 aromatic rings. The van der Waals surface area contributed by atoms with Crippen LogP contribution in [0, 0.1) is 0 Å². The number of aromatic nitrogens is 2. The van der Waals surface area contributed by atoms with Gasteiger partial charge in [0.2, 0.25) is 11.8 Å². The molecule has 1 fully saturated rings. The van der Waals surface area contributed by atoms with Gasteiger partial charge in [0, 0.05) is 18.7 Å². The van der Waals surface area contributed by atoms with E-state index in [0.29, 0.717) is 34.4 Å². The lowest BCUT2D eigenvalue weighted by Gasteiger charge is -2.26. The van der Waals surface area contributed by atoms with Gasteiger partial charge in [-0.25, -0.2) is 9.97 Å². The predicted octanol–water partition coefficient (Wildman–Crippen LogP) is 1.14. The van der Waals surface area contributed by atoms with Crippen molar-refractivity contribution in [1.82, 2.24) is 25.5 Å². The minimum Gasteiger partial charge on any atom is -0.353 e. The second-order valence-corrected chi connectivity index (χ2v) is 6.58. The van der Waals surface area contributed by atoms with Crippen LogP contribution in [-0.2, 0) is 9.59 Å². The van der Waals surface area contributed by atoms with E-state index in [-0.39, 0.29) is 30.6 Å². The summed E-state index contributed by atoms with van der Waals surface area (Å²) in [6, 6.07) is 6.49. The molecule has 0 spiro atoms. The maximum atomic E-state index is 12.3. The summed E-state index contributed by atoms with van der Waals surface area (Å²) >= 11 is 11.9. The van der Waals surface area contributed by atoms with Gasteiger partial charge in [0.1, 0.15) is 12.0 Å². The molecule has 0 bridgehead atoms. The van der Waals surface area contributed by atoms with E-state index in [1.54, 1.807) is 18.2 Å². The summed E-state index contributed by atoms with van der Waals surface area (Å²) in [4.78, 5) is 45.2. The zero-order chi connectivity index (χ0) is 19.4. The molecule has 1 aliphatic rings. The highest BCUT2D eigenvalue weighted by molar-refractivity contribution is 6.42. The zero-order valence-corrected chi connectivity index (χ0v) is 15.5. The molecule has 0 aliphatic carbocycles. The van der Waals surface area contributed by atoms with Crippen molar-refractivity contribution in [3.8, 4) is 11.3 Å². The third-order valence-electron chi connectivity index (χ3n) is 3.91. The zero-order valence-electron chi connectivity index (χ0n) is 14.0.